The van der Waals surface area contributed by atoms with E-state index in [1.54, 1.807) is 30.1 Å². The van der Waals surface area contributed by atoms with Gasteiger partial charge in [0, 0.05) is 49.9 Å². The fourth-order valence-corrected chi connectivity index (χ4v) is 5.28. The van der Waals surface area contributed by atoms with E-state index >= 15 is 4.39 Å². The highest BCUT2D eigenvalue weighted by Crippen LogP contribution is 2.38. The highest BCUT2D eigenvalue weighted by atomic mass is 19.1. The summed E-state index contributed by atoms with van der Waals surface area (Å²) in [6.45, 7) is 3.41. The molecule has 48 heavy (non-hydrogen) atoms. The van der Waals surface area contributed by atoms with Crippen LogP contribution < -0.4 is 20.7 Å². The molecule has 2 aliphatic rings. The Hall–Kier alpha value is -4.94. The number of anilines is 1. The van der Waals surface area contributed by atoms with Gasteiger partial charge in [0.1, 0.15) is 17.1 Å². The minimum atomic E-state index is -0.880. The molecule has 16 nitrogen and oxygen atoms in total. The molecule has 1 aliphatic heterocycles. The highest BCUT2D eigenvalue weighted by molar-refractivity contribution is 5.96. The van der Waals surface area contributed by atoms with Crippen molar-refractivity contribution in [2.45, 2.75) is 38.6 Å². The van der Waals surface area contributed by atoms with E-state index in [0.29, 0.717) is 61.4 Å². The van der Waals surface area contributed by atoms with Gasteiger partial charge < -0.3 is 23.8 Å². The Morgan fingerprint density at radius 3 is 2.56 bits per heavy atom. The number of aryl methyl sites for hydroxylation is 1. The third-order valence-electron chi connectivity index (χ3n) is 7.88. The average Bonchev–Trinajstić information content (AvgIpc) is 3.91. The molecule has 3 aromatic rings. The van der Waals surface area contributed by atoms with Crippen LogP contribution in [0.4, 0.5) is 10.1 Å². The molecule has 256 valence electrons. The maximum absolute atomic E-state index is 15.5. The van der Waals surface area contributed by atoms with Crippen LogP contribution in [0.2, 0.25) is 0 Å². The molecule has 5 rings (SSSR count). The molecular formula is C31H34FN5O11. The summed E-state index contributed by atoms with van der Waals surface area (Å²) in [5.74, 6) is -1.86. The second-order valence-corrected chi connectivity index (χ2v) is 11.2. The lowest BCUT2D eigenvalue weighted by Gasteiger charge is -2.35. The molecule has 0 radical (unpaired) electrons. The molecule has 1 aromatic heterocycles. The molecule has 17 heteroatoms. The maximum Gasteiger partial charge on any atom is 0.349 e. The molecule has 2 fully saturated rings. The summed E-state index contributed by atoms with van der Waals surface area (Å²) in [7, 11) is 0. The number of carbonyl (C=O) groups is 2. The van der Waals surface area contributed by atoms with Gasteiger partial charge in [-0.05, 0) is 74.1 Å². The van der Waals surface area contributed by atoms with Crippen LogP contribution in [-0.4, -0.2) is 71.3 Å². The van der Waals surface area contributed by atoms with Crippen LogP contribution in [0, 0.1) is 22.9 Å². The fourth-order valence-electron chi connectivity index (χ4n) is 5.28. The van der Waals surface area contributed by atoms with Crippen molar-refractivity contribution >= 4 is 34.6 Å². The predicted octanol–water partition coefficient (Wildman–Crippen LogP) is 3.51. The number of carbonyl (C=O) groups excluding carboxylic acids is 2. The minimum Gasteiger partial charge on any atom is -0.463 e. The highest BCUT2D eigenvalue weighted by Gasteiger charge is 2.29. The summed E-state index contributed by atoms with van der Waals surface area (Å²) >= 11 is 0. The third kappa shape index (κ3) is 8.69. The van der Waals surface area contributed by atoms with E-state index in [0.717, 1.165) is 18.9 Å². The van der Waals surface area contributed by atoms with Crippen molar-refractivity contribution in [1.82, 2.24) is 15.2 Å². The van der Waals surface area contributed by atoms with E-state index in [1.165, 1.54) is 24.4 Å². The van der Waals surface area contributed by atoms with Gasteiger partial charge in [-0.25, -0.2) is 24.2 Å². The molecule has 0 spiro atoms. The van der Waals surface area contributed by atoms with Crippen molar-refractivity contribution in [3.05, 3.63) is 85.4 Å². The zero-order valence-corrected chi connectivity index (χ0v) is 26.0. The molecule has 2 aromatic carbocycles. The Labute approximate surface area is 272 Å². The smallest absolute Gasteiger partial charge is 0.349 e. The summed E-state index contributed by atoms with van der Waals surface area (Å²) in [6, 6.07) is 7.70. The van der Waals surface area contributed by atoms with Crippen molar-refractivity contribution < 1.29 is 48.7 Å². The standard InChI is InChI=1S/C31H34FN5O11/c1-20-16-21(5-9-29(38)44-14-2-3-15-45-37(41)42)4-8-28(20)46-31(40)24-19-36(22-6-7-22)26-18-27(25(32)17-23(26)30(24)39)34-10-12-35(13-11-34)33-47-48-43/h4-5,8-9,16-19,22,33,43H,2-3,6-7,10-15H2,1H3/b9-5+. The summed E-state index contributed by atoms with van der Waals surface area (Å²) in [4.78, 5) is 59.3. The van der Waals surface area contributed by atoms with Crippen molar-refractivity contribution in [2.75, 3.05) is 44.3 Å². The van der Waals surface area contributed by atoms with E-state index in [2.05, 4.69) is 20.5 Å². The molecule has 1 saturated heterocycles. The van der Waals surface area contributed by atoms with E-state index in [4.69, 9.17) is 14.7 Å². The van der Waals surface area contributed by atoms with Gasteiger partial charge >= 0.3 is 11.9 Å². The number of hydrogen-bond donors (Lipinski definition) is 2. The maximum atomic E-state index is 15.5. The lowest BCUT2D eigenvalue weighted by molar-refractivity contribution is -0.757. The van der Waals surface area contributed by atoms with Crippen LogP contribution in [0.15, 0.2) is 47.4 Å². The topological polar surface area (TPSA) is 184 Å². The zero-order valence-electron chi connectivity index (χ0n) is 26.0. The molecule has 0 unspecified atom stereocenters. The first kappa shape index (κ1) is 34.4. The molecule has 2 N–H and O–H groups in total. The number of hydrazine groups is 1. The average molecular weight is 672 g/mol. The number of unbranched alkanes of at least 4 members (excludes halogenated alkanes) is 1. The number of piperazine rings is 1. The molecule has 1 aliphatic carbocycles. The molecule has 0 atom stereocenters. The monoisotopic (exact) mass is 671 g/mol. The first-order chi connectivity index (χ1) is 23.1. The van der Waals surface area contributed by atoms with Crippen molar-refractivity contribution in [1.29, 1.82) is 0 Å². The molecule has 0 bridgehead atoms. The summed E-state index contributed by atoms with van der Waals surface area (Å²) in [5, 5.41) is 22.9. The third-order valence-corrected chi connectivity index (χ3v) is 7.88. The van der Waals surface area contributed by atoms with E-state index < -0.39 is 28.3 Å². The van der Waals surface area contributed by atoms with Gasteiger partial charge in [-0.1, -0.05) is 21.7 Å². The zero-order chi connectivity index (χ0) is 34.2. The van der Waals surface area contributed by atoms with E-state index in [1.807, 2.05) is 9.47 Å². The number of aromatic nitrogens is 1. The van der Waals surface area contributed by atoms with Crippen LogP contribution in [0.5, 0.6) is 5.75 Å². The number of pyridine rings is 1. The van der Waals surface area contributed by atoms with Crippen LogP contribution in [0.25, 0.3) is 17.0 Å². The first-order valence-corrected chi connectivity index (χ1v) is 15.2. The van der Waals surface area contributed by atoms with Crippen molar-refractivity contribution in [2.24, 2.45) is 0 Å². The van der Waals surface area contributed by atoms with Crippen molar-refractivity contribution in [3.8, 4) is 5.75 Å². The molecular weight excluding hydrogens is 637 g/mol. The molecule has 1 saturated carbocycles. The molecule has 2 heterocycles. The lowest BCUT2D eigenvalue weighted by atomic mass is 10.1. The Bertz CT molecular complexity index is 1750. The Morgan fingerprint density at radius 2 is 1.88 bits per heavy atom. The second kappa shape index (κ2) is 15.8. The van der Waals surface area contributed by atoms with Gasteiger partial charge in [0.15, 0.2) is 0 Å². The van der Waals surface area contributed by atoms with Crippen LogP contribution in [-0.2, 0) is 24.4 Å². The van der Waals surface area contributed by atoms with E-state index in [-0.39, 0.29) is 36.0 Å². The van der Waals surface area contributed by atoms with Gasteiger partial charge in [0.05, 0.1) is 24.4 Å². The SMILES string of the molecule is Cc1cc(/C=C/C(=O)OCCCCO[N+](=O)[O-])ccc1OC(=O)c1cn(C2CC2)c2cc(N3CCN(NOOO)CC3)c(F)cc2c1=O. The van der Waals surface area contributed by atoms with Gasteiger partial charge in [0.2, 0.25) is 5.43 Å². The number of rotatable bonds is 15. The summed E-state index contributed by atoms with van der Waals surface area (Å²) in [6.07, 6.45) is 6.69. The van der Waals surface area contributed by atoms with Crippen LogP contribution in [0.3, 0.4) is 0 Å². The quantitative estimate of drug-likeness (QED) is 0.0455. The number of benzene rings is 2. The Kier molecular flexibility index (Phi) is 11.3. The largest absolute Gasteiger partial charge is 0.463 e. The van der Waals surface area contributed by atoms with Gasteiger partial charge in [-0.2, -0.15) is 0 Å². The van der Waals surface area contributed by atoms with Crippen LogP contribution >= 0.6 is 0 Å². The fraction of sp³-hybridized carbons (Fsp3) is 0.387. The van der Waals surface area contributed by atoms with Gasteiger partial charge in [-0.15, -0.1) is 10.1 Å². The molecule has 0 amide bonds. The number of hydrogen-bond acceptors (Lipinski definition) is 14. The van der Waals surface area contributed by atoms with Crippen LogP contribution in [0.1, 0.15) is 53.2 Å². The number of esters is 2. The Morgan fingerprint density at radius 1 is 1.12 bits per heavy atom. The second-order valence-electron chi connectivity index (χ2n) is 11.2. The number of ether oxygens (including phenoxy) is 2. The summed E-state index contributed by atoms with van der Waals surface area (Å²) in [5.41, 5.74) is 3.57. The van der Waals surface area contributed by atoms with Gasteiger partial charge in [0.25, 0.3) is 5.09 Å². The normalized spacial score (nSPS) is 15.2. The van der Waals surface area contributed by atoms with E-state index in [9.17, 15) is 24.5 Å². The number of halogens is 1. The Balaban J connectivity index is 1.26. The minimum absolute atomic E-state index is 0.0525. The van der Waals surface area contributed by atoms with Gasteiger partial charge in [-0.3, -0.25) is 4.79 Å². The number of nitrogens with one attached hydrogen (secondary N) is 1. The van der Waals surface area contributed by atoms with Crippen molar-refractivity contribution in [3.63, 3.8) is 0 Å². The summed E-state index contributed by atoms with van der Waals surface area (Å²) < 4.78 is 28.0. The predicted molar refractivity (Wildman–Crippen MR) is 166 cm³/mol. The number of fused-ring (bicyclic) bond motifs is 1. The lowest BCUT2D eigenvalue weighted by Crippen LogP contribution is -2.52. The first-order valence-electron chi connectivity index (χ1n) is 15.2. The number of nitrogens with zero attached hydrogens (tertiary/aromatic N) is 4.